The van der Waals surface area contributed by atoms with Crippen LogP contribution in [0.25, 0.3) is 10.9 Å². The summed E-state index contributed by atoms with van der Waals surface area (Å²) < 4.78 is 14.9. The molecule has 3 aromatic rings. The Hall–Kier alpha value is -3.14. The number of nitrogens with zero attached hydrogens (tertiary/aromatic N) is 3. The Morgan fingerprint density at radius 1 is 1.23 bits per heavy atom. The number of pyridine rings is 1. The van der Waals surface area contributed by atoms with Crippen molar-refractivity contribution >= 4 is 22.4 Å². The second kappa shape index (κ2) is 6.64. The molecule has 0 spiro atoms. The number of rotatable bonds is 3. The van der Waals surface area contributed by atoms with E-state index in [4.69, 9.17) is 0 Å². The summed E-state index contributed by atoms with van der Waals surface area (Å²) in [6.07, 6.45) is 5.36. The van der Waals surface area contributed by atoms with Crippen molar-refractivity contribution in [3.05, 3.63) is 52.7 Å². The fraction of sp³-hybridized carbons (Fsp3) is 0.316. The highest BCUT2D eigenvalue weighted by Gasteiger charge is 2.29. The van der Waals surface area contributed by atoms with Gasteiger partial charge in [-0.05, 0) is 43.2 Å². The SMILES string of the molecule is N#CC1CCCCC1n1nc(Nc2ccc(F)cc2)c2c(=O)[nH]ccc21. The number of H-pyrrole nitrogens is 1. The first-order valence-electron chi connectivity index (χ1n) is 8.69. The number of anilines is 2. The van der Waals surface area contributed by atoms with Crippen molar-refractivity contribution in [1.82, 2.24) is 14.8 Å². The van der Waals surface area contributed by atoms with Gasteiger partial charge >= 0.3 is 0 Å². The quantitative estimate of drug-likeness (QED) is 0.750. The Morgan fingerprint density at radius 3 is 2.77 bits per heavy atom. The van der Waals surface area contributed by atoms with E-state index in [1.807, 2.05) is 10.7 Å². The molecule has 2 unspecified atom stereocenters. The highest BCUT2D eigenvalue weighted by Crippen LogP contribution is 2.36. The van der Waals surface area contributed by atoms with Crippen LogP contribution < -0.4 is 10.9 Å². The molecular formula is C19H18FN5O. The Bertz CT molecular complexity index is 1030. The zero-order valence-electron chi connectivity index (χ0n) is 14.1. The van der Waals surface area contributed by atoms with Crippen LogP contribution in [-0.2, 0) is 0 Å². The Kier molecular flexibility index (Phi) is 4.17. The van der Waals surface area contributed by atoms with E-state index < -0.39 is 0 Å². The van der Waals surface area contributed by atoms with Crippen molar-refractivity contribution in [1.29, 1.82) is 5.26 Å². The van der Waals surface area contributed by atoms with Crippen molar-refractivity contribution in [3.8, 4) is 6.07 Å². The molecule has 1 aliphatic rings. The minimum absolute atomic E-state index is 0.0539. The topological polar surface area (TPSA) is 86.5 Å². The molecule has 132 valence electrons. The lowest BCUT2D eigenvalue weighted by molar-refractivity contribution is 0.277. The van der Waals surface area contributed by atoms with Gasteiger partial charge in [-0.3, -0.25) is 9.48 Å². The molecule has 0 radical (unpaired) electrons. The average Bonchev–Trinajstić information content (AvgIpc) is 3.03. The third-order valence-corrected chi connectivity index (χ3v) is 4.95. The molecule has 1 aliphatic carbocycles. The normalized spacial score (nSPS) is 20.0. The van der Waals surface area contributed by atoms with E-state index in [0.717, 1.165) is 25.7 Å². The number of benzene rings is 1. The second-order valence-corrected chi connectivity index (χ2v) is 6.58. The van der Waals surface area contributed by atoms with Crippen LogP contribution >= 0.6 is 0 Å². The number of nitriles is 1. The van der Waals surface area contributed by atoms with Crippen LogP contribution in [0.4, 0.5) is 15.9 Å². The van der Waals surface area contributed by atoms with Gasteiger partial charge in [0.25, 0.3) is 5.56 Å². The number of aromatic amines is 1. The maximum atomic E-state index is 13.1. The highest BCUT2D eigenvalue weighted by atomic mass is 19.1. The first-order chi connectivity index (χ1) is 12.7. The van der Waals surface area contributed by atoms with Gasteiger partial charge < -0.3 is 10.3 Å². The minimum atomic E-state index is -0.331. The van der Waals surface area contributed by atoms with Crippen LogP contribution in [0.3, 0.4) is 0 Å². The van der Waals surface area contributed by atoms with Crippen molar-refractivity contribution in [3.63, 3.8) is 0 Å². The van der Waals surface area contributed by atoms with Gasteiger partial charge in [-0.25, -0.2) is 4.39 Å². The van der Waals surface area contributed by atoms with E-state index in [1.54, 1.807) is 18.3 Å². The molecule has 2 atom stereocenters. The molecule has 6 nitrogen and oxygen atoms in total. The van der Waals surface area contributed by atoms with Crippen molar-refractivity contribution < 1.29 is 4.39 Å². The molecule has 0 amide bonds. The first-order valence-corrected chi connectivity index (χ1v) is 8.69. The zero-order valence-corrected chi connectivity index (χ0v) is 14.1. The van der Waals surface area contributed by atoms with Gasteiger partial charge in [0.15, 0.2) is 5.82 Å². The van der Waals surface area contributed by atoms with Crippen LogP contribution in [0.1, 0.15) is 31.7 Å². The monoisotopic (exact) mass is 351 g/mol. The molecule has 1 saturated carbocycles. The predicted octanol–water partition coefficient (Wildman–Crippen LogP) is 3.86. The molecule has 0 aliphatic heterocycles. The van der Waals surface area contributed by atoms with Gasteiger partial charge in [-0.15, -0.1) is 0 Å². The standard InChI is InChI=1S/C19H18FN5O/c20-13-5-7-14(8-6-13)23-18-17-16(9-10-22-19(17)26)25(24-18)15-4-2-1-3-12(15)11-21/h5-10,12,15H,1-4H2,(H,22,26)(H,23,24). The summed E-state index contributed by atoms with van der Waals surface area (Å²) in [5, 5.41) is 17.7. The summed E-state index contributed by atoms with van der Waals surface area (Å²) in [7, 11) is 0. The molecule has 2 N–H and O–H groups in total. The van der Waals surface area contributed by atoms with E-state index in [0.29, 0.717) is 22.4 Å². The summed E-state index contributed by atoms with van der Waals surface area (Å²) in [5.74, 6) is -0.0385. The molecule has 4 rings (SSSR count). The maximum Gasteiger partial charge on any atom is 0.261 e. The lowest BCUT2D eigenvalue weighted by atomic mass is 9.85. The molecule has 1 fully saturated rings. The molecule has 1 aromatic carbocycles. The first kappa shape index (κ1) is 16.3. The Labute approximate surface area is 149 Å². The average molecular weight is 351 g/mol. The Morgan fingerprint density at radius 2 is 2.00 bits per heavy atom. The lowest BCUT2D eigenvalue weighted by Gasteiger charge is -2.27. The largest absolute Gasteiger partial charge is 0.338 e. The number of halogens is 1. The number of aromatic nitrogens is 3. The summed E-state index contributed by atoms with van der Waals surface area (Å²) in [4.78, 5) is 15.1. The third-order valence-electron chi connectivity index (χ3n) is 4.95. The number of hydrogen-bond acceptors (Lipinski definition) is 4. The predicted molar refractivity (Wildman–Crippen MR) is 96.6 cm³/mol. The highest BCUT2D eigenvalue weighted by molar-refractivity contribution is 5.91. The van der Waals surface area contributed by atoms with Gasteiger partial charge in [0.1, 0.15) is 11.2 Å². The van der Waals surface area contributed by atoms with Gasteiger partial charge in [-0.2, -0.15) is 10.4 Å². The van der Waals surface area contributed by atoms with E-state index in [1.165, 1.54) is 12.1 Å². The molecule has 0 bridgehead atoms. The summed E-state index contributed by atoms with van der Waals surface area (Å²) in [6, 6.07) is 10.0. The van der Waals surface area contributed by atoms with E-state index >= 15 is 0 Å². The van der Waals surface area contributed by atoms with E-state index in [2.05, 4.69) is 21.5 Å². The van der Waals surface area contributed by atoms with Crippen LogP contribution in [-0.4, -0.2) is 14.8 Å². The van der Waals surface area contributed by atoms with Crippen LogP contribution in [0.15, 0.2) is 41.3 Å². The van der Waals surface area contributed by atoms with E-state index in [-0.39, 0.29) is 23.3 Å². The molecule has 2 heterocycles. The lowest BCUT2D eigenvalue weighted by Crippen LogP contribution is -2.23. The smallest absolute Gasteiger partial charge is 0.261 e. The van der Waals surface area contributed by atoms with Gasteiger partial charge in [0, 0.05) is 11.9 Å². The summed E-state index contributed by atoms with van der Waals surface area (Å²) in [6.45, 7) is 0. The maximum absolute atomic E-state index is 13.1. The van der Waals surface area contributed by atoms with Crippen LogP contribution in [0.5, 0.6) is 0 Å². The van der Waals surface area contributed by atoms with Crippen molar-refractivity contribution in [2.45, 2.75) is 31.7 Å². The molecule has 2 aromatic heterocycles. The zero-order chi connectivity index (χ0) is 18.1. The fourth-order valence-electron chi connectivity index (χ4n) is 3.66. The second-order valence-electron chi connectivity index (χ2n) is 6.58. The number of fused-ring (bicyclic) bond motifs is 1. The number of hydrogen-bond donors (Lipinski definition) is 2. The fourth-order valence-corrected chi connectivity index (χ4v) is 3.66. The van der Waals surface area contributed by atoms with Crippen molar-refractivity contribution in [2.24, 2.45) is 5.92 Å². The Balaban J connectivity index is 1.82. The molecule has 26 heavy (non-hydrogen) atoms. The third kappa shape index (κ3) is 2.84. The van der Waals surface area contributed by atoms with Gasteiger partial charge in [0.05, 0.1) is 23.5 Å². The van der Waals surface area contributed by atoms with Crippen molar-refractivity contribution in [2.75, 3.05) is 5.32 Å². The minimum Gasteiger partial charge on any atom is -0.338 e. The number of nitrogens with one attached hydrogen (secondary N) is 2. The van der Waals surface area contributed by atoms with Crippen LogP contribution in [0, 0.1) is 23.1 Å². The van der Waals surface area contributed by atoms with Gasteiger partial charge in [0.2, 0.25) is 0 Å². The summed E-state index contributed by atoms with van der Waals surface area (Å²) >= 11 is 0. The van der Waals surface area contributed by atoms with Gasteiger partial charge in [-0.1, -0.05) is 12.8 Å². The molecule has 0 saturated heterocycles. The molecule has 7 heteroatoms. The van der Waals surface area contributed by atoms with E-state index in [9.17, 15) is 14.4 Å². The van der Waals surface area contributed by atoms with Crippen LogP contribution in [0.2, 0.25) is 0 Å². The molecular weight excluding hydrogens is 333 g/mol. The summed E-state index contributed by atoms with van der Waals surface area (Å²) in [5.41, 5.74) is 1.09.